The summed E-state index contributed by atoms with van der Waals surface area (Å²) >= 11 is 1.65. The molecule has 0 aliphatic heterocycles. The van der Waals surface area contributed by atoms with Crippen molar-refractivity contribution in [3.05, 3.63) is 71.8 Å². The molecule has 0 heterocycles. The van der Waals surface area contributed by atoms with Gasteiger partial charge in [-0.1, -0.05) is 60.7 Å². The largest absolute Gasteiger partial charge is 0.358 e. The monoisotopic (exact) mass is 271 g/mol. The lowest BCUT2D eigenvalue weighted by Crippen LogP contribution is -2.20. The number of benzene rings is 2. The lowest BCUT2D eigenvalue weighted by molar-refractivity contribution is -0.118. The van der Waals surface area contributed by atoms with Gasteiger partial charge in [0.15, 0.2) is 0 Å². The van der Waals surface area contributed by atoms with Gasteiger partial charge in [0, 0.05) is 7.05 Å². The molecule has 2 nitrogen and oxygen atoms in total. The highest BCUT2D eigenvalue weighted by atomic mass is 32.2. The van der Waals surface area contributed by atoms with E-state index < -0.39 is 0 Å². The third kappa shape index (κ3) is 3.86. The van der Waals surface area contributed by atoms with Crippen molar-refractivity contribution in [2.75, 3.05) is 12.8 Å². The Morgan fingerprint density at radius 1 is 1.00 bits per heavy atom. The van der Waals surface area contributed by atoms with Crippen LogP contribution in [0, 0.1) is 0 Å². The Kier molecular flexibility index (Phi) is 5.04. The second kappa shape index (κ2) is 7.00. The summed E-state index contributed by atoms with van der Waals surface area (Å²) in [5, 5.41) is 2.86. The molecule has 0 bridgehead atoms. The van der Waals surface area contributed by atoms with Crippen LogP contribution in [0.1, 0.15) is 16.4 Å². The summed E-state index contributed by atoms with van der Waals surface area (Å²) in [5.41, 5.74) is 2.45. The molecule has 0 atom stereocenters. The Bertz CT molecular complexity index is 473. The maximum absolute atomic E-state index is 11.4. The summed E-state index contributed by atoms with van der Waals surface area (Å²) in [7, 11) is 1.67. The number of hydrogen-bond acceptors (Lipinski definition) is 2. The van der Waals surface area contributed by atoms with Gasteiger partial charge < -0.3 is 5.32 Å². The number of rotatable bonds is 5. The molecule has 0 saturated carbocycles. The Balaban J connectivity index is 2.21. The standard InChI is InChI=1S/C16H17NOS/c1-17-15(18)12-19-16(13-8-4-2-5-9-13)14-10-6-3-7-11-14/h2-11,16H,12H2,1H3,(H,17,18). The third-order valence-electron chi connectivity index (χ3n) is 2.86. The quantitative estimate of drug-likeness (QED) is 0.904. The Hall–Kier alpha value is -1.74. The van der Waals surface area contributed by atoms with E-state index in [0.29, 0.717) is 5.75 Å². The fourth-order valence-electron chi connectivity index (χ4n) is 1.87. The van der Waals surface area contributed by atoms with Gasteiger partial charge in [0.25, 0.3) is 0 Å². The summed E-state index contributed by atoms with van der Waals surface area (Å²) in [4.78, 5) is 11.4. The normalized spacial score (nSPS) is 10.4. The zero-order valence-corrected chi connectivity index (χ0v) is 11.7. The zero-order chi connectivity index (χ0) is 13.5. The molecule has 1 N–H and O–H groups in total. The van der Waals surface area contributed by atoms with E-state index in [1.165, 1.54) is 11.1 Å². The van der Waals surface area contributed by atoms with Crippen molar-refractivity contribution in [2.24, 2.45) is 0 Å². The minimum Gasteiger partial charge on any atom is -0.358 e. The van der Waals surface area contributed by atoms with Crippen molar-refractivity contribution < 1.29 is 4.79 Å². The van der Waals surface area contributed by atoms with Crippen LogP contribution in [0.4, 0.5) is 0 Å². The van der Waals surface area contributed by atoms with Crippen LogP contribution in [0.3, 0.4) is 0 Å². The van der Waals surface area contributed by atoms with Crippen molar-refractivity contribution >= 4 is 17.7 Å². The first-order valence-corrected chi connectivity index (χ1v) is 7.28. The Labute approximate surface area is 118 Å². The van der Waals surface area contributed by atoms with Crippen LogP contribution in [0.2, 0.25) is 0 Å². The van der Waals surface area contributed by atoms with E-state index in [1.54, 1.807) is 18.8 Å². The lowest BCUT2D eigenvalue weighted by Gasteiger charge is -2.17. The van der Waals surface area contributed by atoms with E-state index in [1.807, 2.05) is 36.4 Å². The predicted molar refractivity (Wildman–Crippen MR) is 81.3 cm³/mol. The molecular formula is C16H17NOS. The van der Waals surface area contributed by atoms with E-state index in [2.05, 4.69) is 29.6 Å². The average molecular weight is 271 g/mol. The van der Waals surface area contributed by atoms with Gasteiger partial charge in [-0.25, -0.2) is 0 Å². The molecule has 19 heavy (non-hydrogen) atoms. The fraction of sp³-hybridized carbons (Fsp3) is 0.188. The highest BCUT2D eigenvalue weighted by Crippen LogP contribution is 2.35. The van der Waals surface area contributed by atoms with E-state index in [0.717, 1.165) is 0 Å². The smallest absolute Gasteiger partial charge is 0.229 e. The van der Waals surface area contributed by atoms with Gasteiger partial charge in [0.05, 0.1) is 11.0 Å². The maximum atomic E-state index is 11.4. The van der Waals surface area contributed by atoms with Crippen LogP contribution in [0.15, 0.2) is 60.7 Å². The Morgan fingerprint density at radius 3 is 1.89 bits per heavy atom. The highest BCUT2D eigenvalue weighted by Gasteiger charge is 2.15. The van der Waals surface area contributed by atoms with Crippen LogP contribution in [0.25, 0.3) is 0 Å². The van der Waals surface area contributed by atoms with Crippen molar-refractivity contribution in [3.8, 4) is 0 Å². The topological polar surface area (TPSA) is 29.1 Å². The van der Waals surface area contributed by atoms with Gasteiger partial charge in [0.2, 0.25) is 5.91 Å². The first-order chi connectivity index (χ1) is 9.31. The molecule has 0 fully saturated rings. The van der Waals surface area contributed by atoms with Gasteiger partial charge in [-0.2, -0.15) is 0 Å². The second-order valence-corrected chi connectivity index (χ2v) is 5.28. The maximum Gasteiger partial charge on any atom is 0.229 e. The molecule has 2 aromatic rings. The number of carbonyl (C=O) groups excluding carboxylic acids is 1. The molecule has 98 valence electrons. The van der Waals surface area contributed by atoms with Crippen LogP contribution in [0.5, 0.6) is 0 Å². The molecule has 0 radical (unpaired) electrons. The Morgan fingerprint density at radius 2 is 1.47 bits per heavy atom. The molecule has 1 amide bonds. The molecule has 0 spiro atoms. The van der Waals surface area contributed by atoms with Crippen molar-refractivity contribution in [2.45, 2.75) is 5.25 Å². The molecule has 2 rings (SSSR count). The van der Waals surface area contributed by atoms with Crippen LogP contribution in [-0.2, 0) is 4.79 Å². The number of thioether (sulfide) groups is 1. The predicted octanol–water partition coefficient (Wildman–Crippen LogP) is 3.26. The molecule has 2 aromatic carbocycles. The molecule has 0 aliphatic rings. The van der Waals surface area contributed by atoms with Gasteiger partial charge in [0.1, 0.15) is 0 Å². The van der Waals surface area contributed by atoms with Crippen LogP contribution < -0.4 is 5.32 Å². The van der Waals surface area contributed by atoms with Crippen molar-refractivity contribution in [1.29, 1.82) is 0 Å². The molecule has 0 saturated heterocycles. The summed E-state index contributed by atoms with van der Waals surface area (Å²) in [6.45, 7) is 0. The van der Waals surface area contributed by atoms with Gasteiger partial charge in [-0.3, -0.25) is 4.79 Å². The summed E-state index contributed by atoms with van der Waals surface area (Å²) in [5.74, 6) is 0.521. The lowest BCUT2D eigenvalue weighted by atomic mass is 10.0. The van der Waals surface area contributed by atoms with Crippen molar-refractivity contribution in [3.63, 3.8) is 0 Å². The first kappa shape index (κ1) is 13.7. The summed E-state index contributed by atoms with van der Waals surface area (Å²) < 4.78 is 0. The molecule has 0 aromatic heterocycles. The number of hydrogen-bond donors (Lipinski definition) is 1. The first-order valence-electron chi connectivity index (χ1n) is 6.23. The molecular weight excluding hydrogens is 254 g/mol. The number of nitrogens with one attached hydrogen (secondary N) is 1. The van der Waals surface area contributed by atoms with E-state index in [4.69, 9.17) is 0 Å². The molecule has 3 heteroatoms. The minimum absolute atomic E-state index is 0.0573. The van der Waals surface area contributed by atoms with Gasteiger partial charge in [-0.15, -0.1) is 11.8 Å². The van der Waals surface area contributed by atoms with Gasteiger partial charge >= 0.3 is 0 Å². The summed E-state index contributed by atoms with van der Waals surface area (Å²) in [6, 6.07) is 20.6. The van der Waals surface area contributed by atoms with Gasteiger partial charge in [-0.05, 0) is 11.1 Å². The van der Waals surface area contributed by atoms with E-state index in [9.17, 15) is 4.79 Å². The third-order valence-corrected chi connectivity index (χ3v) is 4.17. The molecule has 0 unspecified atom stereocenters. The van der Waals surface area contributed by atoms with E-state index >= 15 is 0 Å². The average Bonchev–Trinajstić information content (AvgIpc) is 2.49. The van der Waals surface area contributed by atoms with E-state index in [-0.39, 0.29) is 11.2 Å². The van der Waals surface area contributed by atoms with Crippen molar-refractivity contribution in [1.82, 2.24) is 5.32 Å². The zero-order valence-electron chi connectivity index (χ0n) is 10.9. The van der Waals surface area contributed by atoms with Crippen LogP contribution in [-0.4, -0.2) is 18.7 Å². The molecule has 0 aliphatic carbocycles. The SMILES string of the molecule is CNC(=O)CSC(c1ccccc1)c1ccccc1. The number of amides is 1. The second-order valence-electron chi connectivity index (χ2n) is 4.19. The van der Waals surface area contributed by atoms with Crippen LogP contribution >= 0.6 is 11.8 Å². The highest BCUT2D eigenvalue weighted by molar-refractivity contribution is 8.00. The number of carbonyl (C=O) groups is 1. The minimum atomic E-state index is 0.0573. The fourth-order valence-corrected chi connectivity index (χ4v) is 3.03. The summed E-state index contributed by atoms with van der Waals surface area (Å²) in [6.07, 6.45) is 0.